The SMILES string of the molecule is Cc1ccc(OCc2cc(C(=O)N3CC4C[C@@H]5CC3C[C@H](C4)C5)no2)cc1C. The quantitative estimate of drug-likeness (QED) is 0.782. The molecule has 148 valence electrons. The standard InChI is InChI=1S/C23H28N2O3/c1-14-3-4-20(5-15(14)2)27-13-21-11-22(24-28-21)23(26)25-12-18-7-16-6-17(8-18)10-19(25)9-16/h3-5,11,16-19H,6-10,12-13H2,1-2H3/t16-,17+,18?,19?. The molecule has 2 saturated carbocycles. The molecule has 1 aromatic heterocycles. The van der Waals surface area contributed by atoms with E-state index in [1.54, 1.807) is 6.07 Å². The highest BCUT2D eigenvalue weighted by molar-refractivity contribution is 5.92. The van der Waals surface area contributed by atoms with Gasteiger partial charge >= 0.3 is 0 Å². The summed E-state index contributed by atoms with van der Waals surface area (Å²) in [4.78, 5) is 15.2. The van der Waals surface area contributed by atoms with E-state index in [-0.39, 0.29) is 12.5 Å². The molecule has 2 aliphatic carbocycles. The van der Waals surface area contributed by atoms with Crippen molar-refractivity contribution in [2.24, 2.45) is 17.8 Å². The summed E-state index contributed by atoms with van der Waals surface area (Å²) in [5, 5.41) is 4.06. The third-order valence-corrected chi connectivity index (χ3v) is 7.00. The molecule has 28 heavy (non-hydrogen) atoms. The van der Waals surface area contributed by atoms with Gasteiger partial charge < -0.3 is 14.2 Å². The fraction of sp³-hybridized carbons (Fsp3) is 0.565. The Morgan fingerprint density at radius 1 is 1.07 bits per heavy atom. The van der Waals surface area contributed by atoms with Gasteiger partial charge in [0.15, 0.2) is 11.5 Å². The lowest BCUT2D eigenvalue weighted by molar-refractivity contribution is 0.0622. The minimum atomic E-state index is 0.0272. The van der Waals surface area contributed by atoms with Gasteiger partial charge in [-0.1, -0.05) is 11.2 Å². The number of fused-ring (bicyclic) bond motifs is 1. The van der Waals surface area contributed by atoms with Crippen molar-refractivity contribution in [3.05, 3.63) is 46.8 Å². The van der Waals surface area contributed by atoms with E-state index >= 15 is 0 Å². The average molecular weight is 380 g/mol. The van der Waals surface area contributed by atoms with E-state index in [2.05, 4.69) is 23.9 Å². The molecule has 2 saturated heterocycles. The summed E-state index contributed by atoms with van der Waals surface area (Å²) in [5.41, 5.74) is 2.84. The second kappa shape index (κ2) is 6.94. The van der Waals surface area contributed by atoms with Crippen LogP contribution in [0.4, 0.5) is 0 Å². The monoisotopic (exact) mass is 380 g/mol. The van der Waals surface area contributed by atoms with Crippen molar-refractivity contribution in [2.45, 2.75) is 58.6 Å². The predicted octanol–water partition coefficient (Wildman–Crippen LogP) is 4.52. The molecule has 3 heterocycles. The van der Waals surface area contributed by atoms with Gasteiger partial charge in [-0.25, -0.2) is 0 Å². The molecule has 5 heteroatoms. The normalized spacial score (nSPS) is 28.4. The third-order valence-electron chi connectivity index (χ3n) is 7.00. The van der Waals surface area contributed by atoms with E-state index in [1.807, 2.05) is 18.2 Å². The first-order chi connectivity index (χ1) is 13.5. The lowest BCUT2D eigenvalue weighted by Crippen LogP contribution is -2.42. The first-order valence-electron chi connectivity index (χ1n) is 10.5. The highest BCUT2D eigenvalue weighted by Gasteiger charge is 2.44. The van der Waals surface area contributed by atoms with Crippen LogP contribution in [0.1, 0.15) is 59.5 Å². The number of hydrogen-bond donors (Lipinski definition) is 0. The van der Waals surface area contributed by atoms with E-state index < -0.39 is 0 Å². The first kappa shape index (κ1) is 17.8. The minimum Gasteiger partial charge on any atom is -0.486 e. The maximum Gasteiger partial charge on any atom is 0.276 e. The van der Waals surface area contributed by atoms with Crippen LogP contribution in [-0.4, -0.2) is 28.6 Å². The molecule has 4 atom stereocenters. The van der Waals surface area contributed by atoms with Gasteiger partial charge in [0, 0.05) is 18.7 Å². The number of ether oxygens (including phenoxy) is 1. The molecule has 1 aromatic carbocycles. The Labute approximate surface area is 166 Å². The molecule has 6 rings (SSSR count). The van der Waals surface area contributed by atoms with Crippen molar-refractivity contribution in [3.8, 4) is 5.75 Å². The second-order valence-electron chi connectivity index (χ2n) is 9.10. The van der Waals surface area contributed by atoms with Crippen molar-refractivity contribution < 1.29 is 14.1 Å². The molecule has 0 radical (unpaired) electrons. The number of hydrogen-bond acceptors (Lipinski definition) is 4. The van der Waals surface area contributed by atoms with Gasteiger partial charge in [-0.15, -0.1) is 0 Å². The summed E-state index contributed by atoms with van der Waals surface area (Å²) < 4.78 is 11.2. The molecule has 2 unspecified atom stereocenters. The van der Waals surface area contributed by atoms with Gasteiger partial charge in [-0.2, -0.15) is 0 Å². The first-order valence-corrected chi connectivity index (χ1v) is 10.5. The van der Waals surface area contributed by atoms with E-state index in [0.29, 0.717) is 23.4 Å². The Balaban J connectivity index is 1.26. The molecule has 4 aliphatic rings. The van der Waals surface area contributed by atoms with E-state index in [0.717, 1.165) is 24.1 Å². The second-order valence-corrected chi connectivity index (χ2v) is 9.10. The smallest absolute Gasteiger partial charge is 0.276 e. The zero-order chi connectivity index (χ0) is 19.3. The Morgan fingerprint density at radius 2 is 1.82 bits per heavy atom. The number of amides is 1. The van der Waals surface area contributed by atoms with E-state index in [1.165, 1.54) is 43.2 Å². The van der Waals surface area contributed by atoms with Gasteiger partial charge in [0.2, 0.25) is 0 Å². The Hall–Kier alpha value is -2.30. The highest BCUT2D eigenvalue weighted by Crippen LogP contribution is 2.47. The molecule has 0 N–H and O–H groups in total. The van der Waals surface area contributed by atoms with Crippen LogP contribution < -0.4 is 4.74 Å². The van der Waals surface area contributed by atoms with E-state index in [4.69, 9.17) is 9.26 Å². The van der Waals surface area contributed by atoms with Gasteiger partial charge in [-0.05, 0) is 87.0 Å². The van der Waals surface area contributed by atoms with Crippen molar-refractivity contribution in [2.75, 3.05) is 6.54 Å². The van der Waals surface area contributed by atoms with Crippen LogP contribution in [0.3, 0.4) is 0 Å². The summed E-state index contributed by atoms with van der Waals surface area (Å²) in [5.74, 6) is 3.72. The fourth-order valence-corrected chi connectivity index (χ4v) is 5.62. The van der Waals surface area contributed by atoms with Gasteiger partial charge in [-0.3, -0.25) is 4.79 Å². The maximum atomic E-state index is 13.1. The molecule has 5 nitrogen and oxygen atoms in total. The van der Waals surface area contributed by atoms with Crippen molar-refractivity contribution in [3.63, 3.8) is 0 Å². The summed E-state index contributed by atoms with van der Waals surface area (Å²) >= 11 is 0. The van der Waals surface area contributed by atoms with E-state index in [9.17, 15) is 4.79 Å². The Bertz CT molecular complexity index is 876. The maximum absolute atomic E-state index is 13.1. The van der Waals surface area contributed by atoms with Crippen LogP contribution >= 0.6 is 0 Å². The molecular formula is C23H28N2O3. The van der Waals surface area contributed by atoms with Crippen LogP contribution in [0.2, 0.25) is 0 Å². The summed E-state index contributed by atoms with van der Waals surface area (Å²) in [7, 11) is 0. The van der Waals surface area contributed by atoms with Crippen molar-refractivity contribution in [1.29, 1.82) is 0 Å². The number of nitrogens with zero attached hydrogens (tertiary/aromatic N) is 2. The van der Waals surface area contributed by atoms with Crippen molar-refractivity contribution in [1.82, 2.24) is 10.1 Å². The number of aromatic nitrogens is 1. The number of rotatable bonds is 4. The molecule has 2 aliphatic heterocycles. The zero-order valence-electron chi connectivity index (χ0n) is 16.7. The van der Waals surface area contributed by atoms with Gasteiger partial charge in [0.25, 0.3) is 5.91 Å². The van der Waals surface area contributed by atoms with Gasteiger partial charge in [0.1, 0.15) is 12.4 Å². The van der Waals surface area contributed by atoms with Crippen LogP contribution in [0, 0.1) is 31.6 Å². The average Bonchev–Trinajstić information content (AvgIpc) is 3.06. The predicted molar refractivity (Wildman–Crippen MR) is 105 cm³/mol. The molecule has 1 amide bonds. The minimum absolute atomic E-state index is 0.0272. The summed E-state index contributed by atoms with van der Waals surface area (Å²) in [6, 6.07) is 8.14. The van der Waals surface area contributed by atoms with Crippen LogP contribution in [0.25, 0.3) is 0 Å². The van der Waals surface area contributed by atoms with Crippen molar-refractivity contribution >= 4 is 5.91 Å². The Morgan fingerprint density at radius 3 is 2.57 bits per heavy atom. The highest BCUT2D eigenvalue weighted by atomic mass is 16.5. The molecule has 0 spiro atoms. The Kier molecular flexibility index (Phi) is 4.41. The largest absolute Gasteiger partial charge is 0.486 e. The third kappa shape index (κ3) is 3.31. The number of aryl methyl sites for hydroxylation is 2. The van der Waals surface area contributed by atoms with Crippen LogP contribution in [0.5, 0.6) is 5.75 Å². The topological polar surface area (TPSA) is 55.6 Å². The molecule has 2 aromatic rings. The number of carbonyl (C=O) groups excluding carboxylic acids is 1. The van der Waals surface area contributed by atoms with Gasteiger partial charge in [0.05, 0.1) is 0 Å². The van der Waals surface area contributed by atoms with Crippen LogP contribution in [-0.2, 0) is 6.61 Å². The molecule has 4 fully saturated rings. The molecule has 4 bridgehead atoms. The zero-order valence-corrected chi connectivity index (χ0v) is 16.7. The summed E-state index contributed by atoms with van der Waals surface area (Å²) in [6.07, 6.45) is 6.30. The number of carbonyl (C=O) groups is 1. The lowest BCUT2D eigenvalue weighted by atomic mass is 9.68. The lowest BCUT2D eigenvalue weighted by Gasteiger charge is -2.38. The summed E-state index contributed by atoms with van der Waals surface area (Å²) in [6.45, 7) is 5.31. The fourth-order valence-electron chi connectivity index (χ4n) is 5.62. The van der Waals surface area contributed by atoms with Crippen LogP contribution in [0.15, 0.2) is 28.8 Å². The molecular weight excluding hydrogens is 352 g/mol. The number of benzene rings is 1.